The number of anilines is 2. The van der Waals surface area contributed by atoms with Gasteiger partial charge in [-0.15, -0.1) is 0 Å². The van der Waals surface area contributed by atoms with Gasteiger partial charge in [0, 0.05) is 31.1 Å². The highest BCUT2D eigenvalue weighted by molar-refractivity contribution is 7.90. The summed E-state index contributed by atoms with van der Waals surface area (Å²) >= 11 is 0. The largest absolute Gasteiger partial charge is 0.375 e. The molecule has 1 heterocycles. The third kappa shape index (κ3) is 4.36. The molecule has 2 aromatic carbocycles. The second-order valence-electron chi connectivity index (χ2n) is 6.59. The zero-order valence-corrected chi connectivity index (χ0v) is 15.6. The van der Waals surface area contributed by atoms with Crippen molar-refractivity contribution in [1.29, 1.82) is 0 Å². The Morgan fingerprint density at radius 2 is 2.00 bits per heavy atom. The first kappa shape index (κ1) is 19.1. The van der Waals surface area contributed by atoms with E-state index in [0.717, 1.165) is 31.3 Å². The van der Waals surface area contributed by atoms with Crippen LogP contribution in [0.25, 0.3) is 0 Å². The third-order valence-electron chi connectivity index (χ3n) is 4.54. The summed E-state index contributed by atoms with van der Waals surface area (Å²) in [6, 6.07) is 10.4. The summed E-state index contributed by atoms with van der Waals surface area (Å²) in [7, 11) is -3.73. The fourth-order valence-corrected chi connectivity index (χ4v) is 4.21. The smallest absolute Gasteiger partial charge is 0.310 e. The maximum absolute atomic E-state index is 13.5. The normalized spacial score (nSPS) is 17.6. The van der Waals surface area contributed by atoms with Crippen LogP contribution in [0.2, 0.25) is 0 Å². The van der Waals surface area contributed by atoms with E-state index in [2.05, 4.69) is 5.32 Å². The number of hydrogen-bond acceptors (Lipinski definition) is 6. The fraction of sp³-hybridized carbons (Fsp3) is 0.333. The number of halogens is 1. The molecule has 0 saturated carbocycles. The van der Waals surface area contributed by atoms with Crippen molar-refractivity contribution in [2.24, 2.45) is 0 Å². The summed E-state index contributed by atoms with van der Waals surface area (Å²) in [5.74, 6) is -0.320. The van der Waals surface area contributed by atoms with Gasteiger partial charge in [-0.1, -0.05) is 12.1 Å². The molecule has 1 atom stereocenters. The van der Waals surface area contributed by atoms with Gasteiger partial charge in [-0.2, -0.15) is 0 Å². The first-order valence-electron chi connectivity index (χ1n) is 8.50. The molecule has 1 fully saturated rings. The molecule has 0 bridgehead atoms. The van der Waals surface area contributed by atoms with Crippen LogP contribution in [-0.4, -0.2) is 38.7 Å². The number of nitro groups is 1. The van der Waals surface area contributed by atoms with E-state index in [1.807, 2.05) is 11.0 Å². The van der Waals surface area contributed by atoms with Crippen LogP contribution in [0.4, 0.5) is 21.5 Å². The Balaban J connectivity index is 1.86. The van der Waals surface area contributed by atoms with Gasteiger partial charge in [-0.25, -0.2) is 12.8 Å². The van der Waals surface area contributed by atoms with Crippen LogP contribution in [0.5, 0.6) is 0 Å². The molecule has 1 aliphatic rings. The number of piperidine rings is 1. The Labute approximate surface area is 156 Å². The zero-order chi connectivity index (χ0) is 19.6. The van der Waals surface area contributed by atoms with Crippen molar-refractivity contribution in [3.63, 3.8) is 0 Å². The number of rotatable bonds is 5. The van der Waals surface area contributed by atoms with Gasteiger partial charge in [0.2, 0.25) is 0 Å². The number of hydrogen-bond donors (Lipinski definition) is 1. The highest BCUT2D eigenvalue weighted by Gasteiger charge is 2.28. The van der Waals surface area contributed by atoms with Gasteiger partial charge in [-0.05, 0) is 43.2 Å². The van der Waals surface area contributed by atoms with Gasteiger partial charge in [0.05, 0.1) is 4.92 Å². The molecule has 1 saturated heterocycles. The Morgan fingerprint density at radius 1 is 1.26 bits per heavy atom. The van der Waals surface area contributed by atoms with Gasteiger partial charge in [0.1, 0.15) is 16.4 Å². The Bertz CT molecular complexity index is 965. The average Bonchev–Trinajstić information content (AvgIpc) is 2.61. The molecule has 1 unspecified atom stereocenters. The van der Waals surface area contributed by atoms with Crippen LogP contribution in [0.1, 0.15) is 12.8 Å². The highest BCUT2D eigenvalue weighted by Crippen LogP contribution is 2.33. The molecule has 7 nitrogen and oxygen atoms in total. The second kappa shape index (κ2) is 7.51. The van der Waals surface area contributed by atoms with E-state index < -0.39 is 20.4 Å². The molecule has 0 aliphatic carbocycles. The number of para-hydroxylation sites is 1. The number of benzene rings is 2. The van der Waals surface area contributed by atoms with Crippen LogP contribution in [0, 0.1) is 15.9 Å². The monoisotopic (exact) mass is 393 g/mol. The molecule has 27 heavy (non-hydrogen) atoms. The fourth-order valence-electron chi connectivity index (χ4n) is 3.35. The van der Waals surface area contributed by atoms with Gasteiger partial charge in [-0.3, -0.25) is 10.1 Å². The highest BCUT2D eigenvalue weighted by atomic mass is 32.2. The predicted molar refractivity (Wildman–Crippen MR) is 101 cm³/mol. The van der Waals surface area contributed by atoms with E-state index in [1.54, 1.807) is 6.07 Å². The number of sulfone groups is 1. The molecule has 144 valence electrons. The predicted octanol–water partition coefficient (Wildman–Crippen LogP) is 3.22. The molecule has 1 N–H and O–H groups in total. The third-order valence-corrected chi connectivity index (χ3v) is 5.66. The van der Waals surface area contributed by atoms with Crippen LogP contribution in [0.15, 0.2) is 47.4 Å². The minimum Gasteiger partial charge on any atom is -0.375 e. The van der Waals surface area contributed by atoms with Crippen molar-refractivity contribution >= 4 is 26.9 Å². The molecule has 3 rings (SSSR count). The maximum atomic E-state index is 13.5. The molecular formula is C18H20FN3O4S. The van der Waals surface area contributed by atoms with Crippen LogP contribution >= 0.6 is 0 Å². The lowest BCUT2D eigenvalue weighted by molar-refractivity contribution is -0.386. The number of nitrogens with one attached hydrogen (secondary N) is 1. The van der Waals surface area contributed by atoms with Crippen molar-refractivity contribution in [2.75, 3.05) is 29.6 Å². The maximum Gasteiger partial charge on any atom is 0.310 e. The summed E-state index contributed by atoms with van der Waals surface area (Å²) in [5, 5.41) is 14.6. The van der Waals surface area contributed by atoms with Gasteiger partial charge in [0.25, 0.3) is 0 Å². The van der Waals surface area contributed by atoms with Crippen LogP contribution < -0.4 is 10.2 Å². The van der Waals surface area contributed by atoms with E-state index in [9.17, 15) is 22.9 Å². The summed E-state index contributed by atoms with van der Waals surface area (Å²) in [5.41, 5.74) is 0.484. The average molecular weight is 393 g/mol. The van der Waals surface area contributed by atoms with Gasteiger partial charge in [0.15, 0.2) is 9.84 Å². The van der Waals surface area contributed by atoms with E-state index in [1.165, 1.54) is 30.3 Å². The van der Waals surface area contributed by atoms with Crippen LogP contribution in [0.3, 0.4) is 0 Å². The minimum atomic E-state index is -3.73. The van der Waals surface area contributed by atoms with E-state index in [4.69, 9.17) is 0 Å². The Kier molecular flexibility index (Phi) is 5.31. The first-order valence-corrected chi connectivity index (χ1v) is 10.4. The van der Waals surface area contributed by atoms with E-state index >= 15 is 0 Å². The second-order valence-corrected chi connectivity index (χ2v) is 8.58. The molecule has 2 aromatic rings. The lowest BCUT2D eigenvalue weighted by Gasteiger charge is -2.35. The first-order chi connectivity index (χ1) is 12.8. The Hall–Kier alpha value is -2.68. The van der Waals surface area contributed by atoms with Crippen molar-refractivity contribution in [3.8, 4) is 0 Å². The van der Waals surface area contributed by atoms with Gasteiger partial charge >= 0.3 is 5.69 Å². The summed E-state index contributed by atoms with van der Waals surface area (Å²) in [6.45, 7) is 1.29. The molecule has 1 aliphatic heterocycles. The molecular weight excluding hydrogens is 373 g/mol. The summed E-state index contributed by atoms with van der Waals surface area (Å²) in [6.07, 6.45) is 2.55. The van der Waals surface area contributed by atoms with Crippen LogP contribution in [-0.2, 0) is 9.84 Å². The van der Waals surface area contributed by atoms with E-state index in [-0.39, 0.29) is 22.4 Å². The van der Waals surface area contributed by atoms with Crippen molar-refractivity contribution in [1.82, 2.24) is 0 Å². The summed E-state index contributed by atoms with van der Waals surface area (Å²) < 4.78 is 37.3. The zero-order valence-electron chi connectivity index (χ0n) is 14.8. The molecule has 0 radical (unpaired) electrons. The van der Waals surface area contributed by atoms with Gasteiger partial charge < -0.3 is 10.2 Å². The minimum absolute atomic E-state index is 0.129. The molecule has 0 aromatic heterocycles. The topological polar surface area (TPSA) is 92.6 Å². The standard InChI is InChI=1S/C18H20FN3O4S/c1-27(25,26)17-9-3-8-16(18(17)22(23)24)20-14-6-4-10-21(12-14)15-7-2-5-13(19)11-15/h2-3,5,7-9,11,14,20H,4,6,10,12H2,1H3. The Morgan fingerprint density at radius 3 is 2.67 bits per heavy atom. The SMILES string of the molecule is CS(=O)(=O)c1cccc(NC2CCCN(c3cccc(F)c3)C2)c1[N+](=O)[O-]. The van der Waals surface area contributed by atoms with Crippen molar-refractivity contribution < 1.29 is 17.7 Å². The quantitative estimate of drug-likeness (QED) is 0.619. The molecule has 9 heteroatoms. The van der Waals surface area contributed by atoms with Crippen molar-refractivity contribution in [2.45, 2.75) is 23.8 Å². The van der Waals surface area contributed by atoms with E-state index in [0.29, 0.717) is 6.54 Å². The number of nitrogens with zero attached hydrogens (tertiary/aromatic N) is 2. The number of nitro benzene ring substituents is 1. The summed E-state index contributed by atoms with van der Waals surface area (Å²) in [4.78, 5) is 12.5. The molecule has 0 amide bonds. The lowest BCUT2D eigenvalue weighted by Crippen LogP contribution is -2.42. The molecule has 0 spiro atoms. The lowest BCUT2D eigenvalue weighted by atomic mass is 10.0. The van der Waals surface area contributed by atoms with Crippen molar-refractivity contribution in [3.05, 3.63) is 58.4 Å².